The van der Waals surface area contributed by atoms with E-state index in [1.165, 1.54) is 6.92 Å². The minimum absolute atomic E-state index is 0.188. The number of halogens is 2. The van der Waals surface area contributed by atoms with Crippen molar-refractivity contribution in [2.75, 3.05) is 10.2 Å². The van der Waals surface area contributed by atoms with E-state index in [0.717, 1.165) is 11.3 Å². The van der Waals surface area contributed by atoms with Crippen molar-refractivity contribution in [2.45, 2.75) is 32.4 Å². The van der Waals surface area contributed by atoms with E-state index in [1.807, 2.05) is 31.2 Å². The Bertz CT molecular complexity index is 885. The summed E-state index contributed by atoms with van der Waals surface area (Å²) in [5, 5.41) is 13.3. The zero-order valence-corrected chi connectivity index (χ0v) is 15.8. The summed E-state index contributed by atoms with van der Waals surface area (Å²) in [6, 6.07) is 9.36. The van der Waals surface area contributed by atoms with E-state index in [4.69, 9.17) is 23.2 Å². The molecule has 5 nitrogen and oxygen atoms in total. The molecular weight excluding hydrogens is 375 g/mol. The number of carboxylic acid groups (broad SMARTS) is 1. The summed E-state index contributed by atoms with van der Waals surface area (Å²) in [7, 11) is 0. The summed E-state index contributed by atoms with van der Waals surface area (Å²) >= 11 is 12.5. The van der Waals surface area contributed by atoms with Crippen molar-refractivity contribution in [1.29, 1.82) is 0 Å². The maximum atomic E-state index is 12.5. The number of carbonyl (C=O) groups is 2. The van der Waals surface area contributed by atoms with Gasteiger partial charge in [0.15, 0.2) is 0 Å². The van der Waals surface area contributed by atoms with Gasteiger partial charge in [0.25, 0.3) is 0 Å². The third kappa shape index (κ3) is 3.37. The van der Waals surface area contributed by atoms with Gasteiger partial charge in [0.05, 0.1) is 6.04 Å². The first-order valence-electron chi connectivity index (χ1n) is 8.13. The molecule has 0 spiro atoms. The lowest BCUT2D eigenvalue weighted by Gasteiger charge is -2.39. The smallest absolute Gasteiger partial charge is 0.326 e. The van der Waals surface area contributed by atoms with Gasteiger partial charge in [-0.25, -0.2) is 4.79 Å². The summed E-state index contributed by atoms with van der Waals surface area (Å²) in [4.78, 5) is 25.8. The van der Waals surface area contributed by atoms with Gasteiger partial charge in [0.1, 0.15) is 6.04 Å². The molecule has 1 amide bonds. The third-order valence-electron chi connectivity index (χ3n) is 4.54. The number of aryl methyl sites for hydroxylation is 1. The second kappa shape index (κ2) is 7.17. The van der Waals surface area contributed by atoms with Crippen LogP contribution >= 0.6 is 23.2 Å². The van der Waals surface area contributed by atoms with Crippen LogP contribution in [0.2, 0.25) is 10.0 Å². The predicted octanol–water partition coefficient (Wildman–Crippen LogP) is 4.66. The van der Waals surface area contributed by atoms with Gasteiger partial charge in [-0.2, -0.15) is 0 Å². The number of benzene rings is 2. The van der Waals surface area contributed by atoms with Crippen LogP contribution < -0.4 is 10.2 Å². The number of rotatable bonds is 3. The average Bonchev–Trinajstić information content (AvgIpc) is 2.55. The van der Waals surface area contributed by atoms with E-state index in [2.05, 4.69) is 5.32 Å². The standard InChI is InChI=1S/C19H18Cl2N2O3/c1-10-5-3-4-6-16(10)23(11(2)24)17-9-15(19(25)26)22-14-8-12(20)7-13(21)18(14)17/h3-8,15,17,22H,9H2,1-2H3,(H,25,26)/t15-,17+/m0/s1. The minimum atomic E-state index is -0.995. The summed E-state index contributed by atoms with van der Waals surface area (Å²) in [5.41, 5.74) is 2.85. The van der Waals surface area contributed by atoms with Crippen LogP contribution in [0.25, 0.3) is 0 Å². The number of hydrogen-bond donors (Lipinski definition) is 2. The lowest BCUT2D eigenvalue weighted by Crippen LogP contribution is -2.43. The normalized spacial score (nSPS) is 18.6. The zero-order chi connectivity index (χ0) is 19.0. The SMILES string of the molecule is CC(=O)N(c1ccccc1C)[C@@H]1C[C@@H](C(=O)O)Nc2cc(Cl)cc(Cl)c21. The van der Waals surface area contributed by atoms with Gasteiger partial charge >= 0.3 is 5.97 Å². The molecule has 0 bridgehead atoms. The van der Waals surface area contributed by atoms with E-state index in [9.17, 15) is 14.7 Å². The Hall–Kier alpha value is -2.24. The van der Waals surface area contributed by atoms with Crippen LogP contribution in [0.1, 0.15) is 30.5 Å². The van der Waals surface area contributed by atoms with Crippen molar-refractivity contribution < 1.29 is 14.7 Å². The van der Waals surface area contributed by atoms with Crippen molar-refractivity contribution in [3.63, 3.8) is 0 Å². The van der Waals surface area contributed by atoms with Crippen molar-refractivity contribution in [3.05, 3.63) is 57.6 Å². The fraction of sp³-hybridized carbons (Fsp3) is 0.263. The lowest BCUT2D eigenvalue weighted by atomic mass is 9.90. The number of amides is 1. The number of para-hydroxylation sites is 1. The molecule has 0 radical (unpaired) electrons. The summed E-state index contributed by atoms with van der Waals surface area (Å²) < 4.78 is 0. The molecule has 1 aliphatic rings. The molecule has 7 heteroatoms. The molecule has 136 valence electrons. The number of anilines is 2. The van der Waals surface area contributed by atoms with Gasteiger partial charge in [-0.1, -0.05) is 41.4 Å². The molecule has 0 aliphatic carbocycles. The van der Waals surface area contributed by atoms with Gasteiger partial charge in [-0.3, -0.25) is 4.79 Å². The maximum absolute atomic E-state index is 12.5. The number of nitrogens with one attached hydrogen (secondary N) is 1. The molecule has 2 aromatic rings. The molecule has 0 aromatic heterocycles. The molecule has 3 rings (SSSR count). The average molecular weight is 393 g/mol. The zero-order valence-electron chi connectivity index (χ0n) is 14.3. The first-order chi connectivity index (χ1) is 12.3. The van der Waals surface area contributed by atoms with E-state index in [1.54, 1.807) is 17.0 Å². The number of carboxylic acids is 1. The molecule has 2 atom stereocenters. The van der Waals surface area contributed by atoms with Gasteiger partial charge in [0.2, 0.25) is 5.91 Å². The second-order valence-electron chi connectivity index (χ2n) is 6.31. The van der Waals surface area contributed by atoms with Gasteiger partial charge < -0.3 is 15.3 Å². The Kier molecular flexibility index (Phi) is 5.12. The topological polar surface area (TPSA) is 69.6 Å². The molecule has 2 N–H and O–H groups in total. The first kappa shape index (κ1) is 18.5. The number of aliphatic carboxylic acids is 1. The van der Waals surface area contributed by atoms with E-state index in [0.29, 0.717) is 21.3 Å². The van der Waals surface area contributed by atoms with Crippen LogP contribution in [-0.4, -0.2) is 23.0 Å². The van der Waals surface area contributed by atoms with Gasteiger partial charge in [-0.05, 0) is 30.7 Å². The van der Waals surface area contributed by atoms with Crippen LogP contribution in [0, 0.1) is 6.92 Å². The highest BCUT2D eigenvalue weighted by Gasteiger charge is 2.37. The molecule has 0 fully saturated rings. The van der Waals surface area contributed by atoms with Gasteiger partial charge in [-0.15, -0.1) is 0 Å². The van der Waals surface area contributed by atoms with Crippen LogP contribution in [0.4, 0.5) is 11.4 Å². The van der Waals surface area contributed by atoms with E-state index in [-0.39, 0.29) is 12.3 Å². The first-order valence-corrected chi connectivity index (χ1v) is 8.89. The van der Waals surface area contributed by atoms with Gasteiger partial charge in [0, 0.05) is 40.3 Å². The van der Waals surface area contributed by atoms with Crippen molar-refractivity contribution in [3.8, 4) is 0 Å². The fourth-order valence-corrected chi connectivity index (χ4v) is 4.04. The Morgan fingerprint density at radius 3 is 2.54 bits per heavy atom. The Morgan fingerprint density at radius 1 is 1.23 bits per heavy atom. The Morgan fingerprint density at radius 2 is 1.92 bits per heavy atom. The number of carbonyl (C=O) groups excluding carboxylic acids is 1. The maximum Gasteiger partial charge on any atom is 0.326 e. The highest BCUT2D eigenvalue weighted by molar-refractivity contribution is 6.35. The van der Waals surface area contributed by atoms with E-state index >= 15 is 0 Å². The predicted molar refractivity (Wildman–Crippen MR) is 103 cm³/mol. The second-order valence-corrected chi connectivity index (χ2v) is 7.15. The number of fused-ring (bicyclic) bond motifs is 1. The molecule has 0 saturated carbocycles. The van der Waals surface area contributed by atoms with Crippen LogP contribution in [0.3, 0.4) is 0 Å². The van der Waals surface area contributed by atoms with E-state index < -0.39 is 18.1 Å². The van der Waals surface area contributed by atoms with Crippen LogP contribution in [0.15, 0.2) is 36.4 Å². The molecule has 2 aromatic carbocycles. The summed E-state index contributed by atoms with van der Waals surface area (Å²) in [5.74, 6) is -1.18. The van der Waals surface area contributed by atoms with Crippen LogP contribution in [0.5, 0.6) is 0 Å². The lowest BCUT2D eigenvalue weighted by molar-refractivity contribution is -0.138. The highest BCUT2D eigenvalue weighted by Crippen LogP contribution is 2.44. The molecule has 0 saturated heterocycles. The van der Waals surface area contributed by atoms with Crippen LogP contribution in [-0.2, 0) is 9.59 Å². The quantitative estimate of drug-likeness (QED) is 0.796. The Balaban J connectivity index is 2.20. The Labute approximate surface area is 161 Å². The number of hydrogen-bond acceptors (Lipinski definition) is 3. The molecule has 1 aliphatic heterocycles. The molecule has 1 heterocycles. The molecule has 0 unspecified atom stereocenters. The van der Waals surface area contributed by atoms with Crippen molar-refractivity contribution >= 4 is 46.5 Å². The fourth-order valence-electron chi connectivity index (χ4n) is 3.42. The highest BCUT2D eigenvalue weighted by atomic mass is 35.5. The molecular formula is C19H18Cl2N2O3. The van der Waals surface area contributed by atoms with Crippen molar-refractivity contribution in [2.24, 2.45) is 0 Å². The third-order valence-corrected chi connectivity index (χ3v) is 5.07. The minimum Gasteiger partial charge on any atom is -0.480 e. The summed E-state index contributed by atoms with van der Waals surface area (Å²) in [6.45, 7) is 3.37. The molecule has 26 heavy (non-hydrogen) atoms. The number of nitrogens with zero attached hydrogens (tertiary/aromatic N) is 1. The van der Waals surface area contributed by atoms with Crippen molar-refractivity contribution in [1.82, 2.24) is 0 Å². The summed E-state index contributed by atoms with van der Waals surface area (Å²) in [6.07, 6.45) is 0.192. The largest absolute Gasteiger partial charge is 0.480 e. The monoisotopic (exact) mass is 392 g/mol.